The van der Waals surface area contributed by atoms with Crippen LogP contribution in [0.15, 0.2) is 54.7 Å². The van der Waals surface area contributed by atoms with E-state index in [0.29, 0.717) is 29.1 Å². The summed E-state index contributed by atoms with van der Waals surface area (Å²) in [6.07, 6.45) is 2.14. The predicted molar refractivity (Wildman–Crippen MR) is 125 cm³/mol. The predicted octanol–water partition coefficient (Wildman–Crippen LogP) is 2.03. The molecule has 0 radical (unpaired) electrons. The first-order valence-corrected chi connectivity index (χ1v) is 11.2. The zero-order chi connectivity index (χ0) is 24.5. The number of anilines is 1. The van der Waals surface area contributed by atoms with E-state index in [2.05, 4.69) is 15.6 Å². The minimum Gasteiger partial charge on any atom is -0.377 e. The number of ether oxygens (including phenoxy) is 1. The van der Waals surface area contributed by atoms with E-state index in [1.807, 2.05) is 30.3 Å². The molecule has 0 saturated carbocycles. The summed E-state index contributed by atoms with van der Waals surface area (Å²) in [5.74, 6) is -0.870. The van der Waals surface area contributed by atoms with Gasteiger partial charge in [-0.05, 0) is 42.3 Å². The van der Waals surface area contributed by atoms with Crippen LogP contribution < -0.4 is 10.6 Å². The number of methoxy groups -OCH3 is 1. The second-order valence-electron chi connectivity index (χ2n) is 8.41. The molecule has 0 spiro atoms. The first-order chi connectivity index (χ1) is 16.9. The summed E-state index contributed by atoms with van der Waals surface area (Å²) >= 11 is 0. The SMILES string of the molecule is COCc1nc(C(=O)Nc2ccc3c(c2)CN(C2CCC(=O)NC2=O)C3=O)cn1-c1ccccc1. The highest BCUT2D eigenvalue weighted by molar-refractivity contribution is 6.06. The molecule has 1 atom stereocenters. The van der Waals surface area contributed by atoms with Gasteiger partial charge in [0.1, 0.15) is 24.2 Å². The molecule has 2 aromatic carbocycles. The van der Waals surface area contributed by atoms with Gasteiger partial charge in [0.05, 0.1) is 0 Å². The highest BCUT2D eigenvalue weighted by Gasteiger charge is 2.39. The van der Waals surface area contributed by atoms with E-state index < -0.39 is 17.9 Å². The number of carbonyl (C=O) groups excluding carboxylic acids is 4. The molecule has 0 bridgehead atoms. The van der Waals surface area contributed by atoms with Gasteiger partial charge in [-0.2, -0.15) is 0 Å². The Balaban J connectivity index is 1.34. The molecular weight excluding hydrogens is 450 g/mol. The Bertz CT molecular complexity index is 1330. The number of para-hydroxylation sites is 1. The van der Waals surface area contributed by atoms with Crippen molar-refractivity contribution in [1.29, 1.82) is 0 Å². The minimum atomic E-state index is -0.688. The smallest absolute Gasteiger partial charge is 0.275 e. The monoisotopic (exact) mass is 473 g/mol. The maximum absolute atomic E-state index is 13.0. The van der Waals surface area contributed by atoms with Gasteiger partial charge in [0.15, 0.2) is 0 Å². The molecule has 10 heteroatoms. The van der Waals surface area contributed by atoms with Crippen LogP contribution in [-0.4, -0.2) is 51.2 Å². The third kappa shape index (κ3) is 4.31. The molecule has 2 aliphatic rings. The van der Waals surface area contributed by atoms with E-state index in [-0.39, 0.29) is 37.1 Å². The first-order valence-electron chi connectivity index (χ1n) is 11.2. The zero-order valence-corrected chi connectivity index (χ0v) is 19.0. The number of hydrogen-bond acceptors (Lipinski definition) is 6. The maximum atomic E-state index is 13.0. The molecule has 1 unspecified atom stereocenters. The van der Waals surface area contributed by atoms with Gasteiger partial charge in [-0.3, -0.25) is 24.5 Å². The van der Waals surface area contributed by atoms with E-state index in [1.165, 1.54) is 4.90 Å². The van der Waals surface area contributed by atoms with Gasteiger partial charge in [-0.15, -0.1) is 0 Å². The highest BCUT2D eigenvalue weighted by atomic mass is 16.5. The number of hydrogen-bond donors (Lipinski definition) is 2. The number of imidazole rings is 1. The molecule has 3 heterocycles. The number of piperidine rings is 1. The van der Waals surface area contributed by atoms with E-state index in [1.54, 1.807) is 36.1 Å². The van der Waals surface area contributed by atoms with Crippen molar-refractivity contribution in [3.05, 3.63) is 77.4 Å². The van der Waals surface area contributed by atoms with Gasteiger partial charge in [-0.1, -0.05) is 18.2 Å². The van der Waals surface area contributed by atoms with Gasteiger partial charge >= 0.3 is 0 Å². The number of imide groups is 1. The fourth-order valence-electron chi connectivity index (χ4n) is 4.42. The van der Waals surface area contributed by atoms with Crippen molar-refractivity contribution in [2.75, 3.05) is 12.4 Å². The summed E-state index contributed by atoms with van der Waals surface area (Å²) in [7, 11) is 1.56. The van der Waals surface area contributed by atoms with E-state index in [9.17, 15) is 19.2 Å². The van der Waals surface area contributed by atoms with Crippen molar-refractivity contribution in [2.45, 2.75) is 32.0 Å². The number of fused-ring (bicyclic) bond motifs is 1. The lowest BCUT2D eigenvalue weighted by molar-refractivity contribution is -0.136. The quantitative estimate of drug-likeness (QED) is 0.528. The number of rotatable bonds is 6. The largest absolute Gasteiger partial charge is 0.377 e. The third-order valence-electron chi connectivity index (χ3n) is 6.10. The van der Waals surface area contributed by atoms with Crippen LogP contribution in [0.25, 0.3) is 5.69 Å². The minimum absolute atomic E-state index is 0.193. The molecule has 3 aromatic rings. The van der Waals surface area contributed by atoms with Gasteiger partial charge in [0.25, 0.3) is 11.8 Å². The summed E-state index contributed by atoms with van der Waals surface area (Å²) in [6, 6.07) is 13.8. The van der Waals surface area contributed by atoms with Gasteiger partial charge in [0.2, 0.25) is 11.8 Å². The topological polar surface area (TPSA) is 123 Å². The number of carbonyl (C=O) groups is 4. The fourth-order valence-corrected chi connectivity index (χ4v) is 4.42. The molecular formula is C25H23N5O5. The van der Waals surface area contributed by atoms with Crippen molar-refractivity contribution in [1.82, 2.24) is 19.8 Å². The molecule has 0 aliphatic carbocycles. The highest BCUT2D eigenvalue weighted by Crippen LogP contribution is 2.29. The van der Waals surface area contributed by atoms with Crippen molar-refractivity contribution in [3.8, 4) is 5.69 Å². The zero-order valence-electron chi connectivity index (χ0n) is 19.0. The molecule has 35 heavy (non-hydrogen) atoms. The Morgan fingerprint density at radius 2 is 1.97 bits per heavy atom. The molecule has 10 nitrogen and oxygen atoms in total. The molecule has 4 amide bonds. The fraction of sp³-hybridized carbons (Fsp3) is 0.240. The summed E-state index contributed by atoms with van der Waals surface area (Å²) in [5.41, 5.74) is 2.77. The standard InChI is InChI=1S/C25H23N5O5/c1-35-14-21-27-19(13-29(21)17-5-3-2-4-6-17)23(32)26-16-7-8-18-15(11-16)12-30(25(18)34)20-9-10-22(31)28-24(20)33/h2-8,11,13,20H,9-10,12,14H2,1H3,(H,26,32)(H,28,31,33). The average Bonchev–Trinajstić information content (AvgIpc) is 3.41. The van der Waals surface area contributed by atoms with E-state index in [4.69, 9.17) is 4.74 Å². The summed E-state index contributed by atoms with van der Waals surface area (Å²) < 4.78 is 7.04. The lowest BCUT2D eigenvalue weighted by atomic mass is 10.0. The summed E-state index contributed by atoms with van der Waals surface area (Å²) in [4.78, 5) is 55.4. The number of nitrogens with one attached hydrogen (secondary N) is 2. The maximum Gasteiger partial charge on any atom is 0.275 e. The summed E-state index contributed by atoms with van der Waals surface area (Å²) in [5, 5.41) is 5.13. The number of aromatic nitrogens is 2. The Kier molecular flexibility index (Phi) is 5.87. The Morgan fingerprint density at radius 3 is 2.71 bits per heavy atom. The molecule has 2 aliphatic heterocycles. The van der Waals surface area contributed by atoms with Crippen molar-refractivity contribution in [2.24, 2.45) is 0 Å². The van der Waals surface area contributed by atoms with E-state index >= 15 is 0 Å². The first kappa shape index (κ1) is 22.5. The number of benzene rings is 2. The lowest BCUT2D eigenvalue weighted by Crippen LogP contribution is -2.52. The third-order valence-corrected chi connectivity index (χ3v) is 6.10. The van der Waals surface area contributed by atoms with Crippen LogP contribution in [0.3, 0.4) is 0 Å². The van der Waals surface area contributed by atoms with Crippen molar-refractivity contribution >= 4 is 29.3 Å². The Morgan fingerprint density at radius 1 is 1.17 bits per heavy atom. The average molecular weight is 473 g/mol. The van der Waals surface area contributed by atoms with E-state index in [0.717, 1.165) is 5.69 Å². The molecule has 178 valence electrons. The van der Waals surface area contributed by atoms with Crippen LogP contribution in [0, 0.1) is 0 Å². The molecule has 1 saturated heterocycles. The van der Waals surface area contributed by atoms with Gasteiger partial charge < -0.3 is 19.5 Å². The second-order valence-corrected chi connectivity index (χ2v) is 8.41. The second kappa shape index (κ2) is 9.15. The molecule has 2 N–H and O–H groups in total. The Labute approximate surface area is 200 Å². The molecule has 5 rings (SSSR count). The van der Waals surface area contributed by atoms with Crippen LogP contribution in [0.2, 0.25) is 0 Å². The Hall–Kier alpha value is -4.31. The van der Waals surface area contributed by atoms with Crippen LogP contribution in [0.1, 0.15) is 45.1 Å². The lowest BCUT2D eigenvalue weighted by Gasteiger charge is -2.29. The van der Waals surface area contributed by atoms with Crippen molar-refractivity contribution in [3.63, 3.8) is 0 Å². The van der Waals surface area contributed by atoms with Crippen LogP contribution >= 0.6 is 0 Å². The van der Waals surface area contributed by atoms with Crippen LogP contribution in [0.4, 0.5) is 5.69 Å². The van der Waals surface area contributed by atoms with Crippen LogP contribution in [0.5, 0.6) is 0 Å². The normalized spacial score (nSPS) is 17.3. The van der Waals surface area contributed by atoms with Gasteiger partial charge in [-0.25, -0.2) is 4.98 Å². The molecule has 1 aromatic heterocycles. The van der Waals surface area contributed by atoms with Crippen LogP contribution in [-0.2, 0) is 27.5 Å². The number of nitrogens with zero attached hydrogens (tertiary/aromatic N) is 3. The van der Waals surface area contributed by atoms with Crippen molar-refractivity contribution < 1.29 is 23.9 Å². The molecule has 1 fully saturated rings. The number of amides is 4. The summed E-state index contributed by atoms with van der Waals surface area (Å²) in [6.45, 7) is 0.462. The van der Waals surface area contributed by atoms with Gasteiger partial charge in [0, 0.05) is 43.2 Å².